The van der Waals surface area contributed by atoms with Crippen LogP contribution in [0.5, 0.6) is 0 Å². The third-order valence-electron chi connectivity index (χ3n) is 2.66. The van der Waals surface area contributed by atoms with Gasteiger partial charge in [0.1, 0.15) is 0 Å². The molecule has 1 heterocycles. The highest BCUT2D eigenvalue weighted by molar-refractivity contribution is 6.31. The van der Waals surface area contributed by atoms with Gasteiger partial charge in [-0.05, 0) is 13.3 Å². The van der Waals surface area contributed by atoms with Crippen LogP contribution in [0.4, 0.5) is 0 Å². The van der Waals surface area contributed by atoms with E-state index in [1.54, 1.807) is 4.68 Å². The minimum Gasteiger partial charge on any atom is -0.356 e. The summed E-state index contributed by atoms with van der Waals surface area (Å²) in [5.74, 6) is 0.0802. The van der Waals surface area contributed by atoms with Gasteiger partial charge in [0, 0.05) is 33.1 Å². The molecule has 1 rings (SSSR count). The quantitative estimate of drug-likeness (QED) is 0.738. The van der Waals surface area contributed by atoms with E-state index in [1.807, 2.05) is 20.9 Å². The minimum atomic E-state index is 0.0802. The number of halogens is 1. The Labute approximate surface area is 113 Å². The zero-order chi connectivity index (χ0) is 13.5. The largest absolute Gasteiger partial charge is 0.356 e. The van der Waals surface area contributed by atoms with Crippen molar-refractivity contribution in [3.05, 3.63) is 16.4 Å². The van der Waals surface area contributed by atoms with Crippen LogP contribution in [0.2, 0.25) is 5.02 Å². The highest BCUT2D eigenvalue weighted by atomic mass is 35.5. The maximum absolute atomic E-state index is 11.4. The fraction of sp³-hybridized carbons (Fsp3) is 0.667. The molecule has 1 aromatic heterocycles. The van der Waals surface area contributed by atoms with Crippen LogP contribution in [-0.4, -0.2) is 28.8 Å². The molecule has 0 bridgehead atoms. The summed E-state index contributed by atoms with van der Waals surface area (Å²) < 4.78 is 1.77. The summed E-state index contributed by atoms with van der Waals surface area (Å²) in [6.07, 6.45) is 1.44. The third kappa shape index (κ3) is 4.31. The van der Waals surface area contributed by atoms with E-state index >= 15 is 0 Å². The average molecular weight is 273 g/mol. The van der Waals surface area contributed by atoms with Gasteiger partial charge in [-0.2, -0.15) is 5.10 Å². The maximum Gasteiger partial charge on any atom is 0.221 e. The molecule has 0 saturated carbocycles. The monoisotopic (exact) mass is 272 g/mol. The van der Waals surface area contributed by atoms with Crippen molar-refractivity contribution in [2.24, 2.45) is 7.05 Å². The zero-order valence-corrected chi connectivity index (χ0v) is 12.0. The molecule has 0 fully saturated rings. The van der Waals surface area contributed by atoms with Gasteiger partial charge in [0.2, 0.25) is 5.91 Å². The van der Waals surface area contributed by atoms with Crippen LogP contribution < -0.4 is 10.6 Å². The molecule has 1 aromatic rings. The summed E-state index contributed by atoms with van der Waals surface area (Å²) in [7, 11) is 1.86. The number of hydrogen-bond donors (Lipinski definition) is 2. The van der Waals surface area contributed by atoms with Gasteiger partial charge in [-0.15, -0.1) is 0 Å². The second-order valence-corrected chi connectivity index (χ2v) is 4.62. The van der Waals surface area contributed by atoms with Gasteiger partial charge in [-0.3, -0.25) is 9.48 Å². The predicted molar refractivity (Wildman–Crippen MR) is 72.6 cm³/mol. The Bertz CT molecular complexity index is 403. The summed E-state index contributed by atoms with van der Waals surface area (Å²) in [4.78, 5) is 11.4. The lowest BCUT2D eigenvalue weighted by Gasteiger charge is -2.06. The molecule has 0 saturated heterocycles. The Morgan fingerprint density at radius 3 is 2.72 bits per heavy atom. The summed E-state index contributed by atoms with van der Waals surface area (Å²) in [6, 6.07) is 0. The number of aryl methyl sites for hydroxylation is 2. The van der Waals surface area contributed by atoms with Crippen LogP contribution in [-0.2, 0) is 18.4 Å². The van der Waals surface area contributed by atoms with E-state index in [2.05, 4.69) is 15.7 Å². The molecular weight excluding hydrogens is 252 g/mol. The first kappa shape index (κ1) is 15.0. The Morgan fingerprint density at radius 1 is 1.44 bits per heavy atom. The molecule has 5 nitrogen and oxygen atoms in total. The van der Waals surface area contributed by atoms with Crippen LogP contribution in [0.1, 0.15) is 31.2 Å². The van der Waals surface area contributed by atoms with E-state index in [0.717, 1.165) is 24.4 Å². The molecule has 0 aliphatic heterocycles. The number of aromatic nitrogens is 2. The number of nitrogens with one attached hydrogen (secondary N) is 2. The van der Waals surface area contributed by atoms with Crippen LogP contribution >= 0.6 is 11.6 Å². The van der Waals surface area contributed by atoms with Crippen molar-refractivity contribution < 1.29 is 4.79 Å². The van der Waals surface area contributed by atoms with Gasteiger partial charge < -0.3 is 10.6 Å². The summed E-state index contributed by atoms with van der Waals surface area (Å²) in [6.45, 7) is 5.91. The van der Waals surface area contributed by atoms with Crippen molar-refractivity contribution in [1.29, 1.82) is 0 Å². The lowest BCUT2D eigenvalue weighted by molar-refractivity contribution is -0.120. The second-order valence-electron chi connectivity index (χ2n) is 4.25. The molecule has 0 aromatic carbocycles. The predicted octanol–water partition coefficient (Wildman–Crippen LogP) is 1.39. The summed E-state index contributed by atoms with van der Waals surface area (Å²) in [5, 5.41) is 11.0. The molecule has 0 atom stereocenters. The Balaban J connectivity index is 2.27. The molecule has 102 valence electrons. The normalized spacial score (nSPS) is 10.7. The van der Waals surface area contributed by atoms with Crippen molar-refractivity contribution in [2.75, 3.05) is 13.1 Å². The molecule has 0 radical (unpaired) electrons. The molecule has 6 heteroatoms. The van der Waals surface area contributed by atoms with E-state index in [1.165, 1.54) is 0 Å². The van der Waals surface area contributed by atoms with Crippen LogP contribution in [0.3, 0.4) is 0 Å². The number of amides is 1. The lowest BCUT2D eigenvalue weighted by atomic mass is 10.3. The molecule has 0 unspecified atom stereocenters. The third-order valence-corrected chi connectivity index (χ3v) is 3.15. The van der Waals surface area contributed by atoms with E-state index in [4.69, 9.17) is 11.6 Å². The maximum atomic E-state index is 11.4. The molecule has 0 aliphatic carbocycles. The first-order valence-electron chi connectivity index (χ1n) is 6.21. The highest BCUT2D eigenvalue weighted by Crippen LogP contribution is 2.18. The Morgan fingerprint density at radius 2 is 2.17 bits per heavy atom. The molecule has 1 amide bonds. The number of hydrogen-bond acceptors (Lipinski definition) is 3. The van der Waals surface area contributed by atoms with Crippen LogP contribution in [0.15, 0.2) is 0 Å². The smallest absolute Gasteiger partial charge is 0.221 e. The van der Waals surface area contributed by atoms with Crippen LogP contribution in [0, 0.1) is 6.92 Å². The summed E-state index contributed by atoms with van der Waals surface area (Å²) >= 11 is 6.12. The van der Waals surface area contributed by atoms with Crippen LogP contribution in [0.25, 0.3) is 0 Å². The Hall–Kier alpha value is -1.07. The minimum absolute atomic E-state index is 0.0802. The van der Waals surface area contributed by atoms with E-state index in [9.17, 15) is 4.79 Å². The van der Waals surface area contributed by atoms with Gasteiger partial charge in [0.05, 0.1) is 16.4 Å². The number of nitrogens with zero attached hydrogens (tertiary/aromatic N) is 2. The lowest BCUT2D eigenvalue weighted by Crippen LogP contribution is -2.28. The second kappa shape index (κ2) is 7.38. The van der Waals surface area contributed by atoms with Crippen molar-refractivity contribution >= 4 is 17.5 Å². The fourth-order valence-electron chi connectivity index (χ4n) is 1.63. The number of carbonyl (C=O) groups is 1. The van der Waals surface area contributed by atoms with Gasteiger partial charge in [0.25, 0.3) is 0 Å². The number of carbonyl (C=O) groups excluding carboxylic acids is 1. The van der Waals surface area contributed by atoms with E-state index < -0.39 is 0 Å². The Kier molecular flexibility index (Phi) is 6.15. The fourth-order valence-corrected chi connectivity index (χ4v) is 1.86. The standard InChI is InChI=1S/C12H21ClN4O/c1-4-6-15-11(18)5-7-14-8-10-12(13)9(2)16-17(10)3/h14H,4-8H2,1-3H3,(H,15,18). The topological polar surface area (TPSA) is 59.0 Å². The SMILES string of the molecule is CCCNC(=O)CCNCc1c(Cl)c(C)nn1C. The van der Waals surface area contributed by atoms with Crippen molar-refractivity contribution in [1.82, 2.24) is 20.4 Å². The molecule has 0 aliphatic rings. The van der Waals surface area contributed by atoms with E-state index in [-0.39, 0.29) is 5.91 Å². The molecule has 18 heavy (non-hydrogen) atoms. The first-order chi connectivity index (χ1) is 8.56. The van der Waals surface area contributed by atoms with Gasteiger partial charge in [0.15, 0.2) is 0 Å². The highest BCUT2D eigenvalue weighted by Gasteiger charge is 2.10. The van der Waals surface area contributed by atoms with E-state index in [0.29, 0.717) is 24.5 Å². The number of rotatable bonds is 7. The molecule has 2 N–H and O–H groups in total. The first-order valence-corrected chi connectivity index (χ1v) is 6.59. The molecule has 0 spiro atoms. The molecular formula is C12H21ClN4O. The van der Waals surface area contributed by atoms with Crippen molar-refractivity contribution in [3.63, 3.8) is 0 Å². The summed E-state index contributed by atoms with van der Waals surface area (Å²) in [5.41, 5.74) is 1.78. The average Bonchev–Trinajstić information content (AvgIpc) is 2.57. The van der Waals surface area contributed by atoms with Crippen molar-refractivity contribution in [3.8, 4) is 0 Å². The van der Waals surface area contributed by atoms with Gasteiger partial charge in [-0.1, -0.05) is 18.5 Å². The van der Waals surface area contributed by atoms with Crippen molar-refractivity contribution in [2.45, 2.75) is 33.2 Å². The van der Waals surface area contributed by atoms with Gasteiger partial charge in [-0.25, -0.2) is 0 Å². The van der Waals surface area contributed by atoms with Gasteiger partial charge >= 0.3 is 0 Å². The zero-order valence-electron chi connectivity index (χ0n) is 11.2.